The van der Waals surface area contributed by atoms with Gasteiger partial charge in [-0.3, -0.25) is 4.79 Å². The van der Waals surface area contributed by atoms with E-state index in [-0.39, 0.29) is 5.78 Å². The van der Waals surface area contributed by atoms with Crippen LogP contribution in [0.25, 0.3) is 0 Å². The molecule has 1 atom stereocenters. The molecule has 1 aliphatic heterocycles. The third-order valence-corrected chi connectivity index (χ3v) is 5.47. The second kappa shape index (κ2) is 7.13. The van der Waals surface area contributed by atoms with E-state index in [9.17, 15) is 18.0 Å². The number of ketones is 1. The summed E-state index contributed by atoms with van der Waals surface area (Å²) in [4.78, 5) is 12.8. The molecule has 1 heterocycles. The summed E-state index contributed by atoms with van der Waals surface area (Å²) in [6.45, 7) is 0. The average Bonchev–Trinajstić information content (AvgIpc) is 2.71. The first-order valence-corrected chi connectivity index (χ1v) is 9.30. The Balaban J connectivity index is 1.90. The third kappa shape index (κ3) is 3.34. The lowest BCUT2D eigenvalue weighted by molar-refractivity contribution is -0.137. The van der Waals surface area contributed by atoms with Gasteiger partial charge in [-0.15, -0.1) is 0 Å². The SMILES string of the molecule is COc1cc2c(cc1OC)[C@H](c1ccc(C(F)(F)F)cc1)C1=C(CCCC1=O)N2. The van der Waals surface area contributed by atoms with Crippen LogP contribution in [0.5, 0.6) is 11.5 Å². The second-order valence-corrected chi connectivity index (χ2v) is 7.14. The van der Waals surface area contributed by atoms with E-state index < -0.39 is 17.7 Å². The molecule has 1 aliphatic carbocycles. The van der Waals surface area contributed by atoms with Gasteiger partial charge >= 0.3 is 6.18 Å². The number of anilines is 1. The maximum absolute atomic E-state index is 13.0. The van der Waals surface area contributed by atoms with Gasteiger partial charge in [-0.2, -0.15) is 13.2 Å². The van der Waals surface area contributed by atoms with Crippen LogP contribution in [-0.4, -0.2) is 20.0 Å². The fourth-order valence-corrected chi connectivity index (χ4v) is 4.10. The van der Waals surface area contributed by atoms with Gasteiger partial charge in [0, 0.05) is 35.4 Å². The summed E-state index contributed by atoms with van der Waals surface area (Å²) in [6, 6.07) is 8.61. The highest BCUT2D eigenvalue weighted by molar-refractivity contribution is 6.01. The predicted molar refractivity (Wildman–Crippen MR) is 102 cm³/mol. The molecule has 2 aromatic rings. The fourth-order valence-electron chi connectivity index (χ4n) is 4.10. The monoisotopic (exact) mass is 403 g/mol. The summed E-state index contributed by atoms with van der Waals surface area (Å²) in [6.07, 6.45) is -2.52. The quantitative estimate of drug-likeness (QED) is 0.757. The van der Waals surface area contributed by atoms with Crippen LogP contribution in [0.1, 0.15) is 41.9 Å². The molecule has 152 valence electrons. The zero-order valence-electron chi connectivity index (χ0n) is 16.0. The van der Waals surface area contributed by atoms with E-state index in [1.165, 1.54) is 26.4 Å². The standard InChI is InChI=1S/C22H20F3NO3/c1-28-18-10-14-16(11-19(18)29-2)26-15-4-3-5-17(27)21(15)20(14)12-6-8-13(9-7-12)22(23,24)25/h6-11,20,26H,3-5H2,1-2H3/t20-/m0/s1. The van der Waals surface area contributed by atoms with Gasteiger partial charge in [-0.05, 0) is 42.2 Å². The van der Waals surface area contributed by atoms with Gasteiger partial charge in [0.1, 0.15) is 0 Å². The summed E-state index contributed by atoms with van der Waals surface area (Å²) < 4.78 is 49.8. The van der Waals surface area contributed by atoms with Crippen molar-refractivity contribution in [3.63, 3.8) is 0 Å². The normalized spacial score (nSPS) is 18.7. The first-order chi connectivity index (χ1) is 13.8. The Kier molecular flexibility index (Phi) is 4.76. The molecule has 0 saturated heterocycles. The van der Waals surface area contributed by atoms with Crippen molar-refractivity contribution in [2.45, 2.75) is 31.4 Å². The predicted octanol–water partition coefficient (Wildman–Crippen LogP) is 5.29. The Morgan fingerprint density at radius 1 is 1.00 bits per heavy atom. The zero-order valence-corrected chi connectivity index (χ0v) is 16.0. The molecule has 2 aromatic carbocycles. The smallest absolute Gasteiger partial charge is 0.416 e. The van der Waals surface area contributed by atoms with Crippen LogP contribution in [0, 0.1) is 0 Å². The van der Waals surface area contributed by atoms with E-state index in [0.29, 0.717) is 35.5 Å². The number of ether oxygens (including phenoxy) is 2. The first kappa shape index (κ1) is 19.4. The number of allylic oxidation sites excluding steroid dienone is 2. The molecule has 0 fully saturated rings. The summed E-state index contributed by atoms with van der Waals surface area (Å²) in [5, 5.41) is 3.33. The topological polar surface area (TPSA) is 47.6 Å². The Morgan fingerprint density at radius 2 is 1.66 bits per heavy atom. The fraction of sp³-hybridized carbons (Fsp3) is 0.318. The molecule has 7 heteroatoms. The highest BCUT2D eigenvalue weighted by Gasteiger charge is 2.37. The number of methoxy groups -OCH3 is 2. The van der Waals surface area contributed by atoms with Crippen LogP contribution < -0.4 is 14.8 Å². The third-order valence-electron chi connectivity index (χ3n) is 5.47. The number of halogens is 3. The molecule has 4 rings (SSSR count). The summed E-state index contributed by atoms with van der Waals surface area (Å²) in [5.74, 6) is 0.591. The highest BCUT2D eigenvalue weighted by atomic mass is 19.4. The van der Waals surface area contributed by atoms with Gasteiger partial charge in [-0.1, -0.05) is 12.1 Å². The molecule has 0 bridgehead atoms. The van der Waals surface area contributed by atoms with Crippen molar-refractivity contribution in [2.24, 2.45) is 0 Å². The number of rotatable bonds is 3. The van der Waals surface area contributed by atoms with Crippen LogP contribution in [0.3, 0.4) is 0 Å². The number of hydrogen-bond acceptors (Lipinski definition) is 4. The van der Waals surface area contributed by atoms with Gasteiger partial charge in [0.15, 0.2) is 17.3 Å². The van der Waals surface area contributed by atoms with Gasteiger partial charge < -0.3 is 14.8 Å². The number of carbonyl (C=O) groups is 1. The van der Waals surface area contributed by atoms with Gasteiger partial charge in [0.25, 0.3) is 0 Å². The molecule has 29 heavy (non-hydrogen) atoms. The molecule has 0 unspecified atom stereocenters. The van der Waals surface area contributed by atoms with Crippen LogP contribution in [0.4, 0.5) is 18.9 Å². The Labute approximate surface area is 166 Å². The van der Waals surface area contributed by atoms with E-state index in [0.717, 1.165) is 35.5 Å². The van der Waals surface area contributed by atoms with Crippen LogP contribution in [-0.2, 0) is 11.0 Å². The van der Waals surface area contributed by atoms with E-state index >= 15 is 0 Å². The molecular weight excluding hydrogens is 383 g/mol. The van der Waals surface area contributed by atoms with Crippen LogP contribution in [0.15, 0.2) is 47.7 Å². The maximum Gasteiger partial charge on any atom is 0.416 e. The Bertz CT molecular complexity index is 994. The minimum absolute atomic E-state index is 0.0177. The molecular formula is C22H20F3NO3. The molecule has 2 aliphatic rings. The summed E-state index contributed by atoms with van der Waals surface area (Å²) >= 11 is 0. The number of benzene rings is 2. The zero-order chi connectivity index (χ0) is 20.8. The largest absolute Gasteiger partial charge is 0.493 e. The van der Waals surface area contributed by atoms with E-state index in [1.807, 2.05) is 0 Å². The minimum atomic E-state index is -4.41. The molecule has 0 aromatic heterocycles. The molecule has 0 saturated carbocycles. The van der Waals surface area contributed by atoms with Crippen LogP contribution in [0.2, 0.25) is 0 Å². The summed E-state index contributed by atoms with van der Waals surface area (Å²) in [7, 11) is 3.05. The number of fused-ring (bicyclic) bond motifs is 1. The Morgan fingerprint density at radius 3 is 2.28 bits per heavy atom. The lowest BCUT2D eigenvalue weighted by Crippen LogP contribution is -2.27. The number of nitrogens with one attached hydrogen (secondary N) is 1. The molecule has 0 spiro atoms. The minimum Gasteiger partial charge on any atom is -0.493 e. The van der Waals surface area contributed by atoms with Crippen LogP contribution >= 0.6 is 0 Å². The number of carbonyl (C=O) groups excluding carboxylic acids is 1. The highest BCUT2D eigenvalue weighted by Crippen LogP contribution is 2.48. The van der Waals surface area contributed by atoms with E-state index in [2.05, 4.69) is 5.32 Å². The van der Waals surface area contributed by atoms with Gasteiger partial charge in [0.05, 0.1) is 19.8 Å². The molecule has 0 amide bonds. The van der Waals surface area contributed by atoms with Crippen molar-refractivity contribution < 1.29 is 27.4 Å². The van der Waals surface area contributed by atoms with Crippen molar-refractivity contribution >= 4 is 11.5 Å². The van der Waals surface area contributed by atoms with Crippen molar-refractivity contribution in [3.05, 3.63) is 64.4 Å². The lowest BCUT2D eigenvalue weighted by Gasteiger charge is -2.34. The molecule has 1 N–H and O–H groups in total. The average molecular weight is 403 g/mol. The van der Waals surface area contributed by atoms with E-state index in [4.69, 9.17) is 9.47 Å². The molecule has 4 nitrogen and oxygen atoms in total. The van der Waals surface area contributed by atoms with Crippen molar-refractivity contribution in [1.29, 1.82) is 0 Å². The maximum atomic E-state index is 13.0. The van der Waals surface area contributed by atoms with Crippen molar-refractivity contribution in [1.82, 2.24) is 0 Å². The molecule has 0 radical (unpaired) electrons. The number of hydrogen-bond donors (Lipinski definition) is 1. The van der Waals surface area contributed by atoms with Gasteiger partial charge in [0.2, 0.25) is 0 Å². The van der Waals surface area contributed by atoms with E-state index in [1.54, 1.807) is 12.1 Å². The van der Waals surface area contributed by atoms with Crippen molar-refractivity contribution in [3.8, 4) is 11.5 Å². The summed E-state index contributed by atoms with van der Waals surface area (Å²) in [5.41, 5.74) is 2.90. The van der Waals surface area contributed by atoms with Crippen molar-refractivity contribution in [2.75, 3.05) is 19.5 Å². The second-order valence-electron chi connectivity index (χ2n) is 7.14. The lowest BCUT2D eigenvalue weighted by atomic mass is 9.75. The van der Waals surface area contributed by atoms with Gasteiger partial charge in [-0.25, -0.2) is 0 Å². The number of Topliss-reactive ketones (excluding diaryl/α,β-unsaturated/α-hetero) is 1. The Hall–Kier alpha value is -2.96. The first-order valence-electron chi connectivity index (χ1n) is 9.30. The number of alkyl halides is 3.